The average molecular weight is 267 g/mol. The molecule has 0 aliphatic carbocycles. The summed E-state index contributed by atoms with van der Waals surface area (Å²) in [4.78, 5) is 1.54. The van der Waals surface area contributed by atoms with E-state index in [9.17, 15) is 0 Å². The van der Waals surface area contributed by atoms with E-state index in [2.05, 4.69) is 30.6 Å². The summed E-state index contributed by atoms with van der Waals surface area (Å²) < 4.78 is 5.68. The Labute approximate surface area is 115 Å². The van der Waals surface area contributed by atoms with Gasteiger partial charge in [0.15, 0.2) is 0 Å². The minimum atomic E-state index is 0.500. The van der Waals surface area contributed by atoms with E-state index < -0.39 is 0 Å². The van der Waals surface area contributed by atoms with Gasteiger partial charge in [-0.3, -0.25) is 0 Å². The molecule has 1 N–H and O–H groups in total. The molecule has 2 nitrogen and oxygen atoms in total. The summed E-state index contributed by atoms with van der Waals surface area (Å²) in [6.45, 7) is 7.45. The highest BCUT2D eigenvalue weighted by Crippen LogP contribution is 2.34. The number of rotatable bonds is 6. The summed E-state index contributed by atoms with van der Waals surface area (Å²) in [7, 11) is 0. The van der Waals surface area contributed by atoms with Crippen LogP contribution in [0.25, 0.3) is 0 Å². The van der Waals surface area contributed by atoms with Crippen LogP contribution in [0.2, 0.25) is 0 Å². The molecule has 2 unspecified atom stereocenters. The SMILES string of the molecule is CCCNC(c1sccc1CC)C1CCCOC1. The number of hydrogen-bond donors (Lipinski definition) is 1. The summed E-state index contributed by atoms with van der Waals surface area (Å²) in [5, 5.41) is 5.98. The van der Waals surface area contributed by atoms with Gasteiger partial charge >= 0.3 is 0 Å². The molecule has 3 heteroatoms. The van der Waals surface area contributed by atoms with Gasteiger partial charge < -0.3 is 10.1 Å². The van der Waals surface area contributed by atoms with Gasteiger partial charge in [0.05, 0.1) is 6.61 Å². The predicted octanol–water partition coefficient (Wildman–Crippen LogP) is 3.78. The van der Waals surface area contributed by atoms with Crippen LogP contribution in [0.1, 0.15) is 49.6 Å². The fraction of sp³-hybridized carbons (Fsp3) is 0.733. The molecule has 0 saturated carbocycles. The highest BCUT2D eigenvalue weighted by molar-refractivity contribution is 7.10. The fourth-order valence-corrected chi connectivity index (χ4v) is 3.88. The van der Waals surface area contributed by atoms with Gasteiger partial charge in [-0.1, -0.05) is 13.8 Å². The zero-order chi connectivity index (χ0) is 12.8. The zero-order valence-electron chi connectivity index (χ0n) is 11.6. The van der Waals surface area contributed by atoms with E-state index in [1.165, 1.54) is 24.8 Å². The number of hydrogen-bond acceptors (Lipinski definition) is 3. The van der Waals surface area contributed by atoms with Gasteiger partial charge in [0.2, 0.25) is 0 Å². The zero-order valence-corrected chi connectivity index (χ0v) is 12.4. The maximum Gasteiger partial charge on any atom is 0.0512 e. The van der Waals surface area contributed by atoms with Crippen molar-refractivity contribution < 1.29 is 4.74 Å². The normalized spacial score (nSPS) is 22.0. The minimum Gasteiger partial charge on any atom is -0.381 e. The molecule has 1 saturated heterocycles. The van der Waals surface area contributed by atoms with Crippen LogP contribution in [-0.2, 0) is 11.2 Å². The van der Waals surface area contributed by atoms with Gasteiger partial charge in [-0.05, 0) is 49.2 Å². The van der Waals surface area contributed by atoms with E-state index in [0.717, 1.165) is 26.2 Å². The third-order valence-corrected chi connectivity index (χ3v) is 4.77. The lowest BCUT2D eigenvalue weighted by Gasteiger charge is -2.31. The Kier molecular flexibility index (Phi) is 5.67. The van der Waals surface area contributed by atoms with Crippen molar-refractivity contribution in [3.8, 4) is 0 Å². The Hall–Kier alpha value is -0.380. The lowest BCUT2D eigenvalue weighted by Crippen LogP contribution is -2.33. The van der Waals surface area contributed by atoms with Gasteiger partial charge in [0, 0.05) is 23.4 Å². The number of ether oxygens (including phenoxy) is 1. The molecule has 0 bridgehead atoms. The molecule has 1 aromatic heterocycles. The quantitative estimate of drug-likeness (QED) is 0.847. The predicted molar refractivity (Wildman–Crippen MR) is 78.3 cm³/mol. The van der Waals surface area contributed by atoms with Gasteiger partial charge in [-0.25, -0.2) is 0 Å². The molecule has 0 aromatic carbocycles. The van der Waals surface area contributed by atoms with Crippen molar-refractivity contribution in [2.75, 3.05) is 19.8 Å². The number of nitrogens with one attached hydrogen (secondary N) is 1. The maximum atomic E-state index is 5.68. The Bertz CT molecular complexity index is 344. The fourth-order valence-electron chi connectivity index (χ4n) is 2.71. The van der Waals surface area contributed by atoms with Crippen molar-refractivity contribution >= 4 is 11.3 Å². The molecular weight excluding hydrogens is 242 g/mol. The van der Waals surface area contributed by atoms with Crippen LogP contribution in [-0.4, -0.2) is 19.8 Å². The van der Waals surface area contributed by atoms with Crippen LogP contribution in [0.5, 0.6) is 0 Å². The van der Waals surface area contributed by atoms with Crippen LogP contribution in [0.15, 0.2) is 11.4 Å². The molecule has 102 valence electrons. The molecule has 0 spiro atoms. The van der Waals surface area contributed by atoms with E-state index >= 15 is 0 Å². The summed E-state index contributed by atoms with van der Waals surface area (Å²) in [6.07, 6.45) is 4.83. The first-order chi connectivity index (χ1) is 8.86. The third kappa shape index (κ3) is 3.34. The molecule has 0 amide bonds. The van der Waals surface area contributed by atoms with Crippen molar-refractivity contribution in [1.29, 1.82) is 0 Å². The van der Waals surface area contributed by atoms with E-state index in [1.54, 1.807) is 4.88 Å². The van der Waals surface area contributed by atoms with Gasteiger partial charge in [0.1, 0.15) is 0 Å². The van der Waals surface area contributed by atoms with E-state index in [4.69, 9.17) is 4.74 Å². The first-order valence-electron chi connectivity index (χ1n) is 7.24. The van der Waals surface area contributed by atoms with Crippen LogP contribution in [0, 0.1) is 5.92 Å². The lowest BCUT2D eigenvalue weighted by molar-refractivity contribution is 0.0394. The highest BCUT2D eigenvalue weighted by atomic mass is 32.1. The monoisotopic (exact) mass is 267 g/mol. The van der Waals surface area contributed by atoms with Crippen LogP contribution < -0.4 is 5.32 Å². The van der Waals surface area contributed by atoms with E-state index in [0.29, 0.717) is 12.0 Å². The summed E-state index contributed by atoms with van der Waals surface area (Å²) in [6, 6.07) is 2.78. The van der Waals surface area contributed by atoms with Gasteiger partial charge in [-0.2, -0.15) is 0 Å². The maximum absolute atomic E-state index is 5.68. The first kappa shape index (κ1) is 14.0. The van der Waals surface area contributed by atoms with Crippen molar-refractivity contribution in [2.24, 2.45) is 5.92 Å². The van der Waals surface area contributed by atoms with Crippen LogP contribution in [0.3, 0.4) is 0 Å². The summed E-state index contributed by atoms with van der Waals surface area (Å²) in [5.41, 5.74) is 1.51. The molecule has 2 rings (SSSR count). The largest absolute Gasteiger partial charge is 0.381 e. The minimum absolute atomic E-state index is 0.500. The molecule has 18 heavy (non-hydrogen) atoms. The van der Waals surface area contributed by atoms with Gasteiger partial charge in [0.25, 0.3) is 0 Å². The standard InChI is InChI=1S/C15H25NOS/c1-3-8-16-14(13-6-5-9-17-11-13)15-12(4-2)7-10-18-15/h7,10,13-14,16H,3-6,8-9,11H2,1-2H3. The Morgan fingerprint density at radius 3 is 3.06 bits per heavy atom. The molecule has 1 aliphatic rings. The second-order valence-corrected chi connectivity index (χ2v) is 6.02. The summed E-state index contributed by atoms with van der Waals surface area (Å²) in [5.74, 6) is 0.647. The van der Waals surface area contributed by atoms with Crippen LogP contribution in [0.4, 0.5) is 0 Å². The highest BCUT2D eigenvalue weighted by Gasteiger charge is 2.27. The molecule has 2 heterocycles. The lowest BCUT2D eigenvalue weighted by atomic mass is 9.90. The van der Waals surface area contributed by atoms with Crippen LogP contribution >= 0.6 is 11.3 Å². The van der Waals surface area contributed by atoms with Gasteiger partial charge in [-0.15, -0.1) is 11.3 Å². The Balaban J connectivity index is 2.12. The molecule has 2 atom stereocenters. The second-order valence-electron chi connectivity index (χ2n) is 5.07. The second kappa shape index (κ2) is 7.27. The van der Waals surface area contributed by atoms with Crippen molar-refractivity contribution in [1.82, 2.24) is 5.32 Å². The Morgan fingerprint density at radius 2 is 2.39 bits per heavy atom. The molecular formula is C15H25NOS. The number of aryl methyl sites for hydroxylation is 1. The summed E-state index contributed by atoms with van der Waals surface area (Å²) >= 11 is 1.91. The molecule has 1 aliphatic heterocycles. The molecule has 0 radical (unpaired) electrons. The van der Waals surface area contributed by atoms with E-state index in [-0.39, 0.29) is 0 Å². The molecule has 1 aromatic rings. The van der Waals surface area contributed by atoms with Crippen molar-refractivity contribution in [3.05, 3.63) is 21.9 Å². The molecule has 1 fully saturated rings. The smallest absolute Gasteiger partial charge is 0.0512 e. The van der Waals surface area contributed by atoms with E-state index in [1.807, 2.05) is 11.3 Å². The first-order valence-corrected chi connectivity index (χ1v) is 8.12. The van der Waals surface area contributed by atoms with Crippen molar-refractivity contribution in [3.63, 3.8) is 0 Å². The topological polar surface area (TPSA) is 21.3 Å². The van der Waals surface area contributed by atoms with Crippen molar-refractivity contribution in [2.45, 2.75) is 45.6 Å². The number of thiophene rings is 1. The third-order valence-electron chi connectivity index (χ3n) is 3.73. The average Bonchev–Trinajstić information content (AvgIpc) is 2.89. The Morgan fingerprint density at radius 1 is 1.50 bits per heavy atom.